The van der Waals surface area contributed by atoms with Crippen LogP contribution in [0, 0.1) is 0 Å². The van der Waals surface area contributed by atoms with Gasteiger partial charge < -0.3 is 4.42 Å². The van der Waals surface area contributed by atoms with Crippen LogP contribution in [0.3, 0.4) is 0 Å². The molecule has 20 heavy (non-hydrogen) atoms. The standard InChI is InChI=1S/C11H9N3O4S2/c1-14-8-3-2-7(6-9(8)18-11(14)15)20(16,17)13-10-12-4-5-19-10/h2-6H,1H3,(H,12,13). The third kappa shape index (κ3) is 2.10. The molecule has 0 aliphatic carbocycles. The summed E-state index contributed by atoms with van der Waals surface area (Å²) in [4.78, 5) is 15.2. The normalized spacial score (nSPS) is 11.8. The number of nitrogens with one attached hydrogen (secondary N) is 1. The topological polar surface area (TPSA) is 94.2 Å². The van der Waals surface area contributed by atoms with Crippen molar-refractivity contribution < 1.29 is 12.8 Å². The van der Waals surface area contributed by atoms with E-state index in [9.17, 15) is 13.2 Å². The van der Waals surface area contributed by atoms with Crippen LogP contribution in [-0.2, 0) is 17.1 Å². The SMILES string of the molecule is Cn1c(=O)oc2cc(S(=O)(=O)Nc3nccs3)ccc21. The lowest BCUT2D eigenvalue weighted by Crippen LogP contribution is -2.12. The van der Waals surface area contributed by atoms with Crippen LogP contribution in [-0.4, -0.2) is 18.0 Å². The lowest BCUT2D eigenvalue weighted by atomic mass is 10.3. The zero-order valence-corrected chi connectivity index (χ0v) is 11.9. The number of aryl methyl sites for hydroxylation is 1. The van der Waals surface area contributed by atoms with Gasteiger partial charge in [0.25, 0.3) is 10.0 Å². The van der Waals surface area contributed by atoms with Gasteiger partial charge in [0.05, 0.1) is 10.4 Å². The van der Waals surface area contributed by atoms with Crippen molar-refractivity contribution in [3.05, 3.63) is 40.3 Å². The first kappa shape index (κ1) is 12.9. The van der Waals surface area contributed by atoms with Crippen molar-refractivity contribution in [3.8, 4) is 0 Å². The van der Waals surface area contributed by atoms with Gasteiger partial charge in [-0.3, -0.25) is 9.29 Å². The number of aromatic nitrogens is 2. The molecule has 3 aromatic rings. The maximum Gasteiger partial charge on any atom is 0.419 e. The zero-order valence-electron chi connectivity index (χ0n) is 10.2. The molecule has 0 bridgehead atoms. The third-order valence-electron chi connectivity index (χ3n) is 2.73. The van der Waals surface area contributed by atoms with Crippen LogP contribution in [0.4, 0.5) is 5.13 Å². The highest BCUT2D eigenvalue weighted by Gasteiger charge is 2.17. The maximum atomic E-state index is 12.2. The molecule has 1 N–H and O–H groups in total. The summed E-state index contributed by atoms with van der Waals surface area (Å²) in [6, 6.07) is 4.25. The Morgan fingerprint density at radius 2 is 2.20 bits per heavy atom. The van der Waals surface area contributed by atoms with Crippen LogP contribution in [0.15, 0.2) is 43.9 Å². The third-order valence-corrected chi connectivity index (χ3v) is 4.88. The lowest BCUT2D eigenvalue weighted by molar-refractivity contribution is 0.527. The molecule has 2 aromatic heterocycles. The molecule has 9 heteroatoms. The van der Waals surface area contributed by atoms with Gasteiger partial charge in [-0.05, 0) is 12.1 Å². The van der Waals surface area contributed by atoms with Gasteiger partial charge in [0, 0.05) is 24.7 Å². The van der Waals surface area contributed by atoms with Crippen molar-refractivity contribution in [1.29, 1.82) is 0 Å². The fourth-order valence-electron chi connectivity index (χ4n) is 1.73. The van der Waals surface area contributed by atoms with Crippen molar-refractivity contribution in [2.75, 3.05) is 4.72 Å². The Morgan fingerprint density at radius 3 is 2.90 bits per heavy atom. The maximum absolute atomic E-state index is 12.2. The molecule has 0 unspecified atom stereocenters. The van der Waals surface area contributed by atoms with Crippen LogP contribution in [0.1, 0.15) is 0 Å². The highest BCUT2D eigenvalue weighted by atomic mass is 32.2. The number of sulfonamides is 1. The molecule has 2 heterocycles. The molecular weight excluding hydrogens is 302 g/mol. The highest BCUT2D eigenvalue weighted by molar-refractivity contribution is 7.93. The predicted octanol–water partition coefficient (Wildman–Crippen LogP) is 1.39. The summed E-state index contributed by atoms with van der Waals surface area (Å²) in [7, 11) is -2.20. The smallest absolute Gasteiger partial charge is 0.408 e. The first-order valence-electron chi connectivity index (χ1n) is 5.49. The van der Waals surface area contributed by atoms with Gasteiger partial charge in [-0.1, -0.05) is 0 Å². The molecule has 7 nitrogen and oxygen atoms in total. The minimum absolute atomic E-state index is 0.00884. The molecule has 104 valence electrons. The van der Waals surface area contributed by atoms with E-state index in [1.165, 1.54) is 40.3 Å². The molecule has 3 rings (SSSR count). The van der Waals surface area contributed by atoms with E-state index in [1.807, 2.05) is 0 Å². The number of benzene rings is 1. The highest BCUT2D eigenvalue weighted by Crippen LogP contribution is 2.21. The van der Waals surface area contributed by atoms with E-state index in [0.717, 1.165) is 0 Å². The number of hydrogen-bond donors (Lipinski definition) is 1. The van der Waals surface area contributed by atoms with Crippen LogP contribution in [0.25, 0.3) is 11.1 Å². The molecule has 1 aromatic carbocycles. The molecular formula is C11H9N3O4S2. The van der Waals surface area contributed by atoms with Gasteiger partial charge in [-0.25, -0.2) is 18.2 Å². The average molecular weight is 311 g/mol. The van der Waals surface area contributed by atoms with Crippen LogP contribution >= 0.6 is 11.3 Å². The Labute approximate surface area is 117 Å². The molecule has 0 saturated heterocycles. The van der Waals surface area contributed by atoms with Gasteiger partial charge in [0.2, 0.25) is 0 Å². The van der Waals surface area contributed by atoms with Gasteiger partial charge in [-0.15, -0.1) is 11.3 Å². The number of anilines is 1. The lowest BCUT2D eigenvalue weighted by Gasteiger charge is -2.04. The summed E-state index contributed by atoms with van der Waals surface area (Å²) in [6.45, 7) is 0. The van der Waals surface area contributed by atoms with Crippen molar-refractivity contribution in [3.63, 3.8) is 0 Å². The van der Waals surface area contributed by atoms with E-state index in [-0.39, 0.29) is 15.6 Å². The summed E-state index contributed by atoms with van der Waals surface area (Å²) >= 11 is 1.18. The summed E-state index contributed by atoms with van der Waals surface area (Å²) in [6.07, 6.45) is 1.50. The first-order valence-corrected chi connectivity index (χ1v) is 7.85. The van der Waals surface area contributed by atoms with E-state index < -0.39 is 15.8 Å². The second-order valence-corrected chi connectivity index (χ2v) is 6.58. The number of nitrogens with zero attached hydrogens (tertiary/aromatic N) is 2. The van der Waals surface area contributed by atoms with E-state index in [0.29, 0.717) is 5.52 Å². The second kappa shape index (κ2) is 4.46. The largest absolute Gasteiger partial charge is 0.419 e. The number of thiazole rings is 1. The zero-order chi connectivity index (χ0) is 14.3. The molecule has 0 radical (unpaired) electrons. The predicted molar refractivity (Wildman–Crippen MR) is 74.4 cm³/mol. The molecule has 0 atom stereocenters. The Bertz CT molecular complexity index is 922. The van der Waals surface area contributed by atoms with Gasteiger partial charge >= 0.3 is 5.76 Å². The summed E-state index contributed by atoms with van der Waals surface area (Å²) < 4.78 is 33.0. The summed E-state index contributed by atoms with van der Waals surface area (Å²) in [5.41, 5.74) is 0.753. The van der Waals surface area contributed by atoms with E-state index in [4.69, 9.17) is 4.42 Å². The first-order chi connectivity index (χ1) is 9.47. The van der Waals surface area contributed by atoms with E-state index in [2.05, 4.69) is 9.71 Å². The fourth-order valence-corrected chi connectivity index (χ4v) is 3.53. The van der Waals surface area contributed by atoms with Crippen LogP contribution < -0.4 is 10.5 Å². The van der Waals surface area contributed by atoms with E-state index >= 15 is 0 Å². The average Bonchev–Trinajstić information content (AvgIpc) is 2.98. The monoisotopic (exact) mass is 311 g/mol. The van der Waals surface area contributed by atoms with E-state index in [1.54, 1.807) is 12.4 Å². The molecule has 0 saturated carbocycles. The van der Waals surface area contributed by atoms with Crippen molar-refractivity contribution in [2.45, 2.75) is 4.90 Å². The van der Waals surface area contributed by atoms with Crippen molar-refractivity contribution >= 4 is 37.6 Å². The Balaban J connectivity index is 2.07. The fraction of sp³-hybridized carbons (Fsp3) is 0.0909. The minimum atomic E-state index is -3.75. The Morgan fingerprint density at radius 1 is 1.40 bits per heavy atom. The Kier molecular flexibility index (Phi) is 2.87. The quantitative estimate of drug-likeness (QED) is 0.788. The van der Waals surface area contributed by atoms with Gasteiger partial charge in [0.15, 0.2) is 10.7 Å². The van der Waals surface area contributed by atoms with Gasteiger partial charge in [0.1, 0.15) is 0 Å². The molecule has 0 amide bonds. The Hall–Kier alpha value is -2.13. The molecule has 0 aliphatic heterocycles. The van der Waals surface area contributed by atoms with Crippen LogP contribution in [0.2, 0.25) is 0 Å². The molecule has 0 aliphatic rings. The summed E-state index contributed by atoms with van der Waals surface area (Å²) in [5.74, 6) is -0.539. The second-order valence-electron chi connectivity index (χ2n) is 4.00. The van der Waals surface area contributed by atoms with Crippen LogP contribution in [0.5, 0.6) is 0 Å². The number of fused-ring (bicyclic) bond motifs is 1. The minimum Gasteiger partial charge on any atom is -0.408 e. The number of rotatable bonds is 3. The molecule has 0 fully saturated rings. The summed E-state index contributed by atoms with van der Waals surface area (Å²) in [5, 5.41) is 1.94. The molecule has 0 spiro atoms. The van der Waals surface area contributed by atoms with Gasteiger partial charge in [-0.2, -0.15) is 0 Å². The van der Waals surface area contributed by atoms with Crippen molar-refractivity contribution in [1.82, 2.24) is 9.55 Å². The number of oxazole rings is 1. The number of hydrogen-bond acceptors (Lipinski definition) is 6. The van der Waals surface area contributed by atoms with Crippen molar-refractivity contribution in [2.24, 2.45) is 7.05 Å².